The van der Waals surface area contributed by atoms with Gasteiger partial charge in [0.2, 0.25) is 0 Å². The number of hydrogen-bond acceptors (Lipinski definition) is 7. The van der Waals surface area contributed by atoms with E-state index in [1.807, 2.05) is 17.5 Å². The molecule has 0 saturated heterocycles. The van der Waals surface area contributed by atoms with E-state index in [9.17, 15) is 14.4 Å². The van der Waals surface area contributed by atoms with Crippen molar-refractivity contribution < 1.29 is 19.1 Å². The van der Waals surface area contributed by atoms with E-state index >= 15 is 0 Å². The summed E-state index contributed by atoms with van der Waals surface area (Å²) in [6.07, 6.45) is -0.956. The SMILES string of the molecule is C[C@@H](OC(=O)CSCc1cccs1)C(=O)Nc1sccc1C(N)=O. The van der Waals surface area contributed by atoms with Crippen molar-refractivity contribution in [2.45, 2.75) is 18.8 Å². The molecular formula is C15H16N2O4S3. The number of carbonyl (C=O) groups is 3. The largest absolute Gasteiger partial charge is 0.452 e. The van der Waals surface area contributed by atoms with Crippen LogP contribution in [0.1, 0.15) is 22.2 Å². The molecule has 2 amide bonds. The fourth-order valence-electron chi connectivity index (χ4n) is 1.73. The van der Waals surface area contributed by atoms with Crippen LogP contribution in [0.25, 0.3) is 0 Å². The van der Waals surface area contributed by atoms with Crippen LogP contribution in [0.3, 0.4) is 0 Å². The minimum atomic E-state index is -0.956. The number of thiophene rings is 2. The van der Waals surface area contributed by atoms with Gasteiger partial charge in [-0.25, -0.2) is 0 Å². The summed E-state index contributed by atoms with van der Waals surface area (Å²) in [6.45, 7) is 1.48. The number of nitrogens with one attached hydrogen (secondary N) is 1. The van der Waals surface area contributed by atoms with Gasteiger partial charge < -0.3 is 15.8 Å². The van der Waals surface area contributed by atoms with Crippen LogP contribution in [0, 0.1) is 0 Å². The summed E-state index contributed by atoms with van der Waals surface area (Å²) >= 11 is 4.23. The van der Waals surface area contributed by atoms with E-state index in [-0.39, 0.29) is 11.3 Å². The van der Waals surface area contributed by atoms with Gasteiger partial charge in [-0.3, -0.25) is 14.4 Å². The van der Waals surface area contributed by atoms with Crippen LogP contribution in [0.5, 0.6) is 0 Å². The first kappa shape index (κ1) is 18.5. The van der Waals surface area contributed by atoms with Gasteiger partial charge >= 0.3 is 5.97 Å². The molecular weight excluding hydrogens is 368 g/mol. The molecule has 2 heterocycles. The predicted octanol–water partition coefficient (Wildman–Crippen LogP) is 2.71. The predicted molar refractivity (Wildman–Crippen MR) is 97.5 cm³/mol. The first-order valence-electron chi connectivity index (χ1n) is 6.95. The second-order valence-electron chi connectivity index (χ2n) is 4.72. The van der Waals surface area contributed by atoms with Crippen LogP contribution in [-0.4, -0.2) is 29.6 Å². The summed E-state index contributed by atoms with van der Waals surface area (Å²) in [5.74, 6) is -0.691. The number of carbonyl (C=O) groups excluding carboxylic acids is 3. The van der Waals surface area contributed by atoms with E-state index in [1.54, 1.807) is 16.7 Å². The number of esters is 1. The molecule has 0 aliphatic carbocycles. The molecule has 128 valence electrons. The van der Waals surface area contributed by atoms with Gasteiger partial charge in [0.05, 0.1) is 11.3 Å². The Morgan fingerprint density at radius 2 is 2.08 bits per heavy atom. The van der Waals surface area contributed by atoms with Crippen molar-refractivity contribution in [1.82, 2.24) is 0 Å². The van der Waals surface area contributed by atoms with E-state index in [0.717, 1.165) is 5.75 Å². The Balaban J connectivity index is 1.77. The highest BCUT2D eigenvalue weighted by molar-refractivity contribution is 7.99. The summed E-state index contributed by atoms with van der Waals surface area (Å²) in [6, 6.07) is 5.48. The van der Waals surface area contributed by atoms with Crippen LogP contribution < -0.4 is 11.1 Å². The molecule has 0 aromatic carbocycles. The zero-order valence-electron chi connectivity index (χ0n) is 12.8. The molecule has 0 aliphatic rings. The van der Waals surface area contributed by atoms with E-state index in [4.69, 9.17) is 10.5 Å². The average molecular weight is 385 g/mol. The lowest BCUT2D eigenvalue weighted by Gasteiger charge is -2.13. The number of thioether (sulfide) groups is 1. The van der Waals surface area contributed by atoms with Crippen molar-refractivity contribution in [1.29, 1.82) is 0 Å². The van der Waals surface area contributed by atoms with Crippen molar-refractivity contribution in [3.8, 4) is 0 Å². The van der Waals surface area contributed by atoms with E-state index in [0.29, 0.717) is 5.00 Å². The van der Waals surface area contributed by atoms with E-state index < -0.39 is 23.9 Å². The number of anilines is 1. The first-order chi connectivity index (χ1) is 11.5. The number of amides is 2. The average Bonchev–Trinajstić information content (AvgIpc) is 3.18. The van der Waals surface area contributed by atoms with Crippen molar-refractivity contribution in [2.75, 3.05) is 11.1 Å². The third-order valence-electron chi connectivity index (χ3n) is 2.89. The number of ether oxygens (including phenoxy) is 1. The van der Waals surface area contributed by atoms with Gasteiger partial charge in [0.15, 0.2) is 6.10 Å². The Hall–Kier alpha value is -1.84. The molecule has 0 radical (unpaired) electrons. The normalized spacial score (nSPS) is 11.7. The van der Waals surface area contributed by atoms with Crippen molar-refractivity contribution in [3.63, 3.8) is 0 Å². The first-order valence-corrected chi connectivity index (χ1v) is 9.86. The Bertz CT molecular complexity index is 712. The second-order valence-corrected chi connectivity index (χ2v) is 7.66. The van der Waals surface area contributed by atoms with Gasteiger partial charge in [0.25, 0.3) is 11.8 Å². The second kappa shape index (κ2) is 8.86. The van der Waals surface area contributed by atoms with Crippen LogP contribution in [-0.2, 0) is 20.1 Å². The smallest absolute Gasteiger partial charge is 0.316 e. The highest BCUT2D eigenvalue weighted by Crippen LogP contribution is 2.23. The highest BCUT2D eigenvalue weighted by atomic mass is 32.2. The fourth-order valence-corrected chi connectivity index (χ4v) is 4.17. The van der Waals surface area contributed by atoms with E-state index in [1.165, 1.54) is 41.0 Å². The minimum absolute atomic E-state index is 0.168. The molecule has 0 aliphatic heterocycles. The van der Waals surface area contributed by atoms with Gasteiger partial charge in [0.1, 0.15) is 5.00 Å². The van der Waals surface area contributed by atoms with E-state index in [2.05, 4.69) is 5.32 Å². The standard InChI is InChI=1S/C15H16N2O4S3/c1-9(14(20)17-15-11(13(16)19)4-6-24-15)21-12(18)8-22-7-10-3-2-5-23-10/h2-6,9H,7-8H2,1H3,(H2,16,19)(H,17,20)/t9-/m1/s1. The molecule has 0 spiro atoms. The monoisotopic (exact) mass is 384 g/mol. The third-order valence-corrected chi connectivity index (χ3v) is 5.73. The third kappa shape index (κ3) is 5.36. The summed E-state index contributed by atoms with van der Waals surface area (Å²) in [4.78, 5) is 36.2. The number of rotatable bonds is 8. The zero-order chi connectivity index (χ0) is 17.5. The summed E-state index contributed by atoms with van der Waals surface area (Å²) < 4.78 is 5.10. The topological polar surface area (TPSA) is 98.5 Å². The van der Waals surface area contributed by atoms with Crippen LogP contribution in [0.4, 0.5) is 5.00 Å². The molecule has 24 heavy (non-hydrogen) atoms. The van der Waals surface area contributed by atoms with Crippen LogP contribution in [0.2, 0.25) is 0 Å². The molecule has 3 N–H and O–H groups in total. The number of nitrogens with two attached hydrogens (primary N) is 1. The van der Waals surface area contributed by atoms with Crippen molar-refractivity contribution in [3.05, 3.63) is 39.4 Å². The lowest BCUT2D eigenvalue weighted by molar-refractivity contribution is -0.150. The lowest BCUT2D eigenvalue weighted by atomic mass is 10.3. The Morgan fingerprint density at radius 1 is 1.29 bits per heavy atom. The maximum atomic E-state index is 12.0. The van der Waals surface area contributed by atoms with Crippen molar-refractivity contribution in [2.24, 2.45) is 5.73 Å². The van der Waals surface area contributed by atoms with Crippen LogP contribution in [0.15, 0.2) is 29.0 Å². The van der Waals surface area contributed by atoms with Gasteiger partial charge in [0, 0.05) is 10.6 Å². The Kier molecular flexibility index (Phi) is 6.83. The Morgan fingerprint density at radius 3 is 2.75 bits per heavy atom. The highest BCUT2D eigenvalue weighted by Gasteiger charge is 2.20. The summed E-state index contributed by atoms with van der Waals surface area (Å²) in [7, 11) is 0. The van der Waals surface area contributed by atoms with Crippen LogP contribution >= 0.6 is 34.4 Å². The number of primary amides is 1. The number of hydrogen-bond donors (Lipinski definition) is 2. The maximum Gasteiger partial charge on any atom is 0.316 e. The summed E-state index contributed by atoms with van der Waals surface area (Å²) in [5, 5.41) is 6.53. The molecule has 2 aromatic rings. The van der Waals surface area contributed by atoms with Crippen molar-refractivity contribution >= 4 is 57.2 Å². The van der Waals surface area contributed by atoms with Gasteiger partial charge in [-0.2, -0.15) is 0 Å². The Labute approximate surface area is 151 Å². The van der Waals surface area contributed by atoms with Gasteiger partial charge in [-0.1, -0.05) is 6.07 Å². The molecule has 9 heteroatoms. The molecule has 6 nitrogen and oxygen atoms in total. The zero-order valence-corrected chi connectivity index (χ0v) is 15.3. The quantitative estimate of drug-likeness (QED) is 0.682. The molecule has 0 fully saturated rings. The molecule has 2 rings (SSSR count). The molecule has 2 aromatic heterocycles. The minimum Gasteiger partial charge on any atom is -0.452 e. The molecule has 0 bridgehead atoms. The summed E-state index contributed by atoms with van der Waals surface area (Å²) in [5.41, 5.74) is 5.45. The molecule has 1 atom stereocenters. The van der Waals surface area contributed by atoms with Gasteiger partial charge in [-0.05, 0) is 29.8 Å². The fraction of sp³-hybridized carbons (Fsp3) is 0.267. The molecule has 0 unspecified atom stereocenters. The lowest BCUT2D eigenvalue weighted by Crippen LogP contribution is -2.31. The maximum absolute atomic E-state index is 12.0. The van der Waals surface area contributed by atoms with Gasteiger partial charge in [-0.15, -0.1) is 34.4 Å². The molecule has 0 saturated carbocycles.